The van der Waals surface area contributed by atoms with Crippen molar-refractivity contribution in [2.24, 2.45) is 0 Å². The van der Waals surface area contributed by atoms with E-state index in [1.54, 1.807) is 37.6 Å². The molecule has 2 aliphatic rings. The summed E-state index contributed by atoms with van der Waals surface area (Å²) in [6, 6.07) is 10.6. The van der Waals surface area contributed by atoms with Crippen molar-refractivity contribution in [3.63, 3.8) is 0 Å². The Balaban J connectivity index is 1.37. The number of methoxy groups -OCH3 is 1. The standard InChI is InChI=1S/C22H21N3O4/c1-28-20-17-12-23-24-18(17)9-10-19(20)29-14-6-4-5-13(11-14)25-21(26)15-7-2-3-8-16(15)22(25)27/h2-3,7-10,12-14H,4-6,11H2,1H3,(H,23,24). The highest BCUT2D eigenvalue weighted by molar-refractivity contribution is 6.21. The van der Waals surface area contributed by atoms with E-state index < -0.39 is 0 Å². The van der Waals surface area contributed by atoms with E-state index in [9.17, 15) is 9.59 Å². The molecule has 1 aliphatic heterocycles. The fourth-order valence-electron chi connectivity index (χ4n) is 4.46. The van der Waals surface area contributed by atoms with E-state index in [0.29, 0.717) is 29.0 Å². The van der Waals surface area contributed by atoms with Gasteiger partial charge >= 0.3 is 0 Å². The quantitative estimate of drug-likeness (QED) is 0.688. The first kappa shape index (κ1) is 17.7. The van der Waals surface area contributed by atoms with Crippen LogP contribution in [0.15, 0.2) is 42.6 Å². The monoisotopic (exact) mass is 391 g/mol. The lowest BCUT2D eigenvalue weighted by molar-refractivity contribution is 0.0448. The van der Waals surface area contributed by atoms with Crippen molar-refractivity contribution in [1.82, 2.24) is 15.1 Å². The summed E-state index contributed by atoms with van der Waals surface area (Å²) in [5.74, 6) is 0.885. The van der Waals surface area contributed by atoms with Gasteiger partial charge in [0.05, 0.1) is 35.3 Å². The molecule has 1 aromatic heterocycles. The van der Waals surface area contributed by atoms with E-state index in [1.165, 1.54) is 4.90 Å². The highest BCUT2D eigenvalue weighted by Gasteiger charge is 2.41. The normalized spacial score (nSPS) is 21.5. The van der Waals surface area contributed by atoms with Crippen LogP contribution in [0.2, 0.25) is 0 Å². The van der Waals surface area contributed by atoms with Gasteiger partial charge in [-0.3, -0.25) is 19.6 Å². The Morgan fingerprint density at radius 3 is 2.55 bits per heavy atom. The summed E-state index contributed by atoms with van der Waals surface area (Å²) >= 11 is 0. The van der Waals surface area contributed by atoms with Gasteiger partial charge in [-0.05, 0) is 43.5 Å². The molecule has 2 unspecified atom stereocenters. The van der Waals surface area contributed by atoms with Crippen LogP contribution in [0.5, 0.6) is 11.5 Å². The molecule has 3 aromatic rings. The number of H-pyrrole nitrogens is 1. The Morgan fingerprint density at radius 2 is 1.83 bits per heavy atom. The van der Waals surface area contributed by atoms with Gasteiger partial charge in [0, 0.05) is 12.5 Å². The molecule has 2 amide bonds. The van der Waals surface area contributed by atoms with E-state index in [-0.39, 0.29) is 24.0 Å². The lowest BCUT2D eigenvalue weighted by atomic mass is 9.91. The fraction of sp³-hybridized carbons (Fsp3) is 0.318. The number of hydrogen-bond donors (Lipinski definition) is 1. The largest absolute Gasteiger partial charge is 0.492 e. The summed E-state index contributed by atoms with van der Waals surface area (Å²) in [4.78, 5) is 27.1. The van der Waals surface area contributed by atoms with Gasteiger partial charge in [-0.2, -0.15) is 5.10 Å². The van der Waals surface area contributed by atoms with Gasteiger partial charge < -0.3 is 9.47 Å². The molecular formula is C22H21N3O4. The van der Waals surface area contributed by atoms with Crippen LogP contribution < -0.4 is 9.47 Å². The number of hydrogen-bond acceptors (Lipinski definition) is 5. The molecule has 7 nitrogen and oxygen atoms in total. The molecule has 1 fully saturated rings. The van der Waals surface area contributed by atoms with Crippen molar-refractivity contribution in [2.45, 2.75) is 37.8 Å². The molecule has 148 valence electrons. The molecule has 7 heteroatoms. The van der Waals surface area contributed by atoms with Gasteiger partial charge in [0.25, 0.3) is 11.8 Å². The number of imide groups is 1. The maximum absolute atomic E-state index is 12.8. The third-order valence-corrected chi connectivity index (χ3v) is 5.83. The third-order valence-electron chi connectivity index (χ3n) is 5.83. The van der Waals surface area contributed by atoms with Crippen LogP contribution in [-0.2, 0) is 0 Å². The Hall–Kier alpha value is -3.35. The molecule has 2 atom stereocenters. The lowest BCUT2D eigenvalue weighted by Gasteiger charge is -2.34. The zero-order chi connectivity index (χ0) is 20.0. The van der Waals surface area contributed by atoms with Gasteiger partial charge in [0.2, 0.25) is 0 Å². The van der Waals surface area contributed by atoms with Gasteiger partial charge in [0.1, 0.15) is 6.10 Å². The van der Waals surface area contributed by atoms with Gasteiger partial charge in [-0.25, -0.2) is 0 Å². The molecule has 0 spiro atoms. The number of aromatic amines is 1. The second-order valence-electron chi connectivity index (χ2n) is 7.51. The number of amides is 2. The van der Waals surface area contributed by atoms with E-state index in [4.69, 9.17) is 9.47 Å². The first-order valence-electron chi connectivity index (χ1n) is 9.81. The molecule has 2 aromatic carbocycles. The summed E-state index contributed by atoms with van der Waals surface area (Å²) in [5.41, 5.74) is 1.86. The van der Waals surface area contributed by atoms with Gasteiger partial charge in [0.15, 0.2) is 11.5 Å². The van der Waals surface area contributed by atoms with Crippen molar-refractivity contribution in [2.75, 3.05) is 7.11 Å². The van der Waals surface area contributed by atoms with Crippen molar-refractivity contribution in [3.8, 4) is 11.5 Å². The summed E-state index contributed by atoms with van der Waals surface area (Å²) in [7, 11) is 1.61. The Morgan fingerprint density at radius 1 is 1.07 bits per heavy atom. The SMILES string of the molecule is COc1c(OC2CCCC(N3C(=O)c4ccccc4C3=O)C2)ccc2[nH]ncc12. The number of aromatic nitrogens is 2. The number of rotatable bonds is 4. The minimum Gasteiger partial charge on any atom is -0.492 e. The van der Waals surface area contributed by atoms with Crippen LogP contribution in [0.1, 0.15) is 46.4 Å². The van der Waals surface area contributed by atoms with Crippen LogP contribution in [0.25, 0.3) is 10.9 Å². The number of nitrogens with one attached hydrogen (secondary N) is 1. The van der Waals surface area contributed by atoms with Gasteiger partial charge in [-0.15, -0.1) is 0 Å². The van der Waals surface area contributed by atoms with Crippen molar-refractivity contribution in [3.05, 3.63) is 53.7 Å². The maximum Gasteiger partial charge on any atom is 0.261 e. The molecule has 1 saturated carbocycles. The smallest absolute Gasteiger partial charge is 0.261 e. The summed E-state index contributed by atoms with van der Waals surface area (Å²) < 4.78 is 11.8. The van der Waals surface area contributed by atoms with E-state index in [0.717, 1.165) is 30.2 Å². The summed E-state index contributed by atoms with van der Waals surface area (Å²) in [6.07, 6.45) is 4.77. The molecule has 29 heavy (non-hydrogen) atoms. The second kappa shape index (κ2) is 6.92. The Labute approximate surface area is 167 Å². The third kappa shape index (κ3) is 2.85. The average Bonchev–Trinajstić information content (AvgIpc) is 3.31. The van der Waals surface area contributed by atoms with Crippen molar-refractivity contribution < 1.29 is 19.1 Å². The summed E-state index contributed by atoms with van der Waals surface area (Å²) in [5, 5.41) is 7.84. The second-order valence-corrected chi connectivity index (χ2v) is 7.51. The predicted octanol–water partition coefficient (Wildman–Crippen LogP) is 3.56. The van der Waals surface area contributed by atoms with Crippen LogP contribution in [0, 0.1) is 0 Å². The molecule has 1 aliphatic carbocycles. The summed E-state index contributed by atoms with van der Waals surface area (Å²) in [6.45, 7) is 0. The Bertz CT molecular complexity index is 1070. The molecule has 1 N–H and O–H groups in total. The van der Waals surface area contributed by atoms with E-state index in [2.05, 4.69) is 10.2 Å². The van der Waals surface area contributed by atoms with Gasteiger partial charge in [-0.1, -0.05) is 12.1 Å². The number of ether oxygens (including phenoxy) is 2. The molecular weight excluding hydrogens is 370 g/mol. The van der Waals surface area contributed by atoms with E-state index in [1.807, 2.05) is 12.1 Å². The molecule has 5 rings (SSSR count). The maximum atomic E-state index is 12.8. The number of benzene rings is 2. The highest BCUT2D eigenvalue weighted by atomic mass is 16.5. The first-order chi connectivity index (χ1) is 14.2. The van der Waals surface area contributed by atoms with Crippen LogP contribution in [0.4, 0.5) is 0 Å². The minimum absolute atomic E-state index is 0.101. The highest BCUT2D eigenvalue weighted by Crippen LogP contribution is 2.38. The first-order valence-corrected chi connectivity index (χ1v) is 9.81. The number of carbonyl (C=O) groups excluding carboxylic acids is 2. The zero-order valence-electron chi connectivity index (χ0n) is 16.1. The molecule has 0 bridgehead atoms. The van der Waals surface area contributed by atoms with Crippen LogP contribution in [0.3, 0.4) is 0 Å². The topological polar surface area (TPSA) is 84.5 Å². The minimum atomic E-state index is -0.200. The molecule has 0 saturated heterocycles. The lowest BCUT2D eigenvalue weighted by Crippen LogP contribution is -2.44. The number of fused-ring (bicyclic) bond motifs is 2. The van der Waals surface area contributed by atoms with Crippen LogP contribution in [-0.4, -0.2) is 46.2 Å². The average molecular weight is 391 g/mol. The van der Waals surface area contributed by atoms with Crippen molar-refractivity contribution in [1.29, 1.82) is 0 Å². The Kier molecular flexibility index (Phi) is 4.23. The zero-order valence-corrected chi connectivity index (χ0v) is 16.1. The fourth-order valence-corrected chi connectivity index (χ4v) is 4.46. The van der Waals surface area contributed by atoms with E-state index >= 15 is 0 Å². The number of nitrogens with zero attached hydrogens (tertiary/aromatic N) is 2. The predicted molar refractivity (Wildman–Crippen MR) is 106 cm³/mol. The molecule has 0 radical (unpaired) electrons. The molecule has 2 heterocycles. The van der Waals surface area contributed by atoms with Crippen LogP contribution >= 0.6 is 0 Å². The number of carbonyl (C=O) groups is 2. The van der Waals surface area contributed by atoms with Crippen molar-refractivity contribution >= 4 is 22.7 Å².